The second kappa shape index (κ2) is 8.25. The molecule has 0 aromatic rings. The minimum atomic E-state index is -0.771. The van der Waals surface area contributed by atoms with E-state index in [-0.39, 0.29) is 18.2 Å². The van der Waals surface area contributed by atoms with Crippen LogP contribution in [0.2, 0.25) is 0 Å². The summed E-state index contributed by atoms with van der Waals surface area (Å²) in [6.07, 6.45) is 3.39. The number of aliphatic carboxylic acids is 1. The fourth-order valence-electron chi connectivity index (χ4n) is 2.96. The molecule has 2 unspecified atom stereocenters. The van der Waals surface area contributed by atoms with Crippen molar-refractivity contribution in [3.05, 3.63) is 0 Å². The summed E-state index contributed by atoms with van der Waals surface area (Å²) in [4.78, 5) is 24.7. The zero-order valence-corrected chi connectivity index (χ0v) is 12.7. The zero-order chi connectivity index (χ0) is 15.1. The van der Waals surface area contributed by atoms with Crippen LogP contribution in [0, 0.1) is 17.8 Å². The maximum absolute atomic E-state index is 12.2. The van der Waals surface area contributed by atoms with Gasteiger partial charge in [-0.15, -0.1) is 0 Å². The van der Waals surface area contributed by atoms with Gasteiger partial charge in [0.25, 0.3) is 0 Å². The van der Waals surface area contributed by atoms with Crippen LogP contribution in [0.3, 0.4) is 0 Å². The summed E-state index contributed by atoms with van der Waals surface area (Å²) in [6.45, 7) is 6.32. The van der Waals surface area contributed by atoms with Gasteiger partial charge in [-0.1, -0.05) is 13.8 Å². The first kappa shape index (κ1) is 17.0. The van der Waals surface area contributed by atoms with Crippen molar-refractivity contribution in [1.82, 2.24) is 4.90 Å². The van der Waals surface area contributed by atoms with Crippen molar-refractivity contribution in [3.63, 3.8) is 0 Å². The number of nitrogens with zero attached hydrogens (tertiary/aromatic N) is 1. The molecule has 116 valence electrons. The van der Waals surface area contributed by atoms with Gasteiger partial charge in [0.2, 0.25) is 5.91 Å². The Bertz CT molecular complexity index is 331. The van der Waals surface area contributed by atoms with E-state index in [1.807, 2.05) is 4.90 Å². The molecule has 1 saturated heterocycles. The summed E-state index contributed by atoms with van der Waals surface area (Å²) in [6, 6.07) is 0. The first-order valence-electron chi connectivity index (χ1n) is 7.63. The van der Waals surface area contributed by atoms with Crippen LogP contribution in [0.1, 0.15) is 46.0 Å². The molecule has 1 aliphatic heterocycles. The number of hydrogen-bond acceptors (Lipinski definition) is 3. The summed E-state index contributed by atoms with van der Waals surface area (Å²) in [5.74, 6) is 0.570. The van der Waals surface area contributed by atoms with Gasteiger partial charge in [0.05, 0.1) is 0 Å². The number of carbonyl (C=O) groups excluding carboxylic acids is 1. The average Bonchev–Trinajstić information content (AvgIpc) is 2.81. The lowest BCUT2D eigenvalue weighted by Crippen LogP contribution is -2.29. The molecule has 0 spiro atoms. The lowest BCUT2D eigenvalue weighted by molar-refractivity contribution is -0.138. The first-order valence-corrected chi connectivity index (χ1v) is 7.63. The molecule has 1 fully saturated rings. The Balaban J connectivity index is 2.34. The van der Waals surface area contributed by atoms with Crippen LogP contribution in [0.15, 0.2) is 0 Å². The monoisotopic (exact) mass is 284 g/mol. The molecule has 1 amide bonds. The van der Waals surface area contributed by atoms with E-state index in [9.17, 15) is 9.59 Å². The van der Waals surface area contributed by atoms with Gasteiger partial charge < -0.3 is 15.7 Å². The standard InChI is InChI=1S/C15H28N2O3/c1-11(2)13(5-7-16)3-4-14(18)17-8-6-12(10-17)9-15(19)20/h11-13H,3-10,16H2,1-2H3,(H,19,20). The Kier molecular flexibility index (Phi) is 6.99. The summed E-state index contributed by atoms with van der Waals surface area (Å²) >= 11 is 0. The second-order valence-corrected chi connectivity index (χ2v) is 6.21. The van der Waals surface area contributed by atoms with Crippen LogP contribution in [-0.4, -0.2) is 41.5 Å². The van der Waals surface area contributed by atoms with Crippen LogP contribution in [-0.2, 0) is 9.59 Å². The molecule has 0 aliphatic carbocycles. The van der Waals surface area contributed by atoms with Gasteiger partial charge in [0.1, 0.15) is 0 Å². The fourth-order valence-corrected chi connectivity index (χ4v) is 2.96. The van der Waals surface area contributed by atoms with Crippen molar-refractivity contribution in [3.8, 4) is 0 Å². The van der Waals surface area contributed by atoms with E-state index in [2.05, 4.69) is 13.8 Å². The number of hydrogen-bond donors (Lipinski definition) is 2. The van der Waals surface area contributed by atoms with Crippen molar-refractivity contribution in [1.29, 1.82) is 0 Å². The van der Waals surface area contributed by atoms with Crippen LogP contribution in [0.25, 0.3) is 0 Å². The van der Waals surface area contributed by atoms with Crippen molar-refractivity contribution < 1.29 is 14.7 Å². The van der Waals surface area contributed by atoms with Gasteiger partial charge in [0.15, 0.2) is 0 Å². The Hall–Kier alpha value is -1.10. The summed E-state index contributed by atoms with van der Waals surface area (Å²) in [7, 11) is 0. The number of carboxylic acids is 1. The number of carbonyl (C=O) groups is 2. The Labute approximate surface area is 121 Å². The molecule has 1 aliphatic rings. The van der Waals surface area contributed by atoms with E-state index in [1.54, 1.807) is 0 Å². The third-order valence-corrected chi connectivity index (χ3v) is 4.31. The molecular formula is C15H28N2O3. The lowest BCUT2D eigenvalue weighted by atomic mass is 9.88. The molecule has 5 heteroatoms. The predicted molar refractivity (Wildman–Crippen MR) is 78.2 cm³/mol. The lowest BCUT2D eigenvalue weighted by Gasteiger charge is -2.22. The highest BCUT2D eigenvalue weighted by Crippen LogP contribution is 2.24. The van der Waals surface area contributed by atoms with E-state index in [0.717, 1.165) is 19.3 Å². The number of rotatable bonds is 8. The van der Waals surface area contributed by atoms with Gasteiger partial charge in [0, 0.05) is 25.9 Å². The molecule has 3 N–H and O–H groups in total. The Morgan fingerprint density at radius 1 is 1.35 bits per heavy atom. The molecule has 1 heterocycles. The van der Waals surface area contributed by atoms with Crippen molar-refractivity contribution in [2.45, 2.75) is 46.0 Å². The Morgan fingerprint density at radius 3 is 2.60 bits per heavy atom. The molecule has 0 radical (unpaired) electrons. The van der Waals surface area contributed by atoms with E-state index in [0.29, 0.717) is 37.9 Å². The highest BCUT2D eigenvalue weighted by atomic mass is 16.4. The molecule has 0 saturated carbocycles. The molecular weight excluding hydrogens is 256 g/mol. The molecule has 0 aromatic heterocycles. The molecule has 0 aromatic carbocycles. The smallest absolute Gasteiger partial charge is 0.303 e. The molecule has 0 bridgehead atoms. The minimum Gasteiger partial charge on any atom is -0.481 e. The third kappa shape index (κ3) is 5.49. The van der Waals surface area contributed by atoms with E-state index in [4.69, 9.17) is 10.8 Å². The topological polar surface area (TPSA) is 83.6 Å². The quantitative estimate of drug-likeness (QED) is 0.710. The number of amides is 1. The van der Waals surface area contributed by atoms with Crippen LogP contribution in [0.5, 0.6) is 0 Å². The van der Waals surface area contributed by atoms with Crippen LogP contribution >= 0.6 is 0 Å². The van der Waals surface area contributed by atoms with Gasteiger partial charge in [-0.3, -0.25) is 9.59 Å². The summed E-state index contributed by atoms with van der Waals surface area (Å²) < 4.78 is 0. The maximum atomic E-state index is 12.2. The van der Waals surface area contributed by atoms with Crippen LogP contribution in [0.4, 0.5) is 0 Å². The SMILES string of the molecule is CC(C)C(CCN)CCC(=O)N1CCC(CC(=O)O)C1. The minimum absolute atomic E-state index is 0.126. The van der Waals surface area contributed by atoms with Crippen molar-refractivity contribution in [2.75, 3.05) is 19.6 Å². The summed E-state index contributed by atoms with van der Waals surface area (Å²) in [5.41, 5.74) is 5.61. The molecule has 5 nitrogen and oxygen atoms in total. The van der Waals surface area contributed by atoms with E-state index in [1.165, 1.54) is 0 Å². The van der Waals surface area contributed by atoms with Gasteiger partial charge >= 0.3 is 5.97 Å². The van der Waals surface area contributed by atoms with Gasteiger partial charge in [-0.05, 0) is 43.6 Å². The normalized spacial score (nSPS) is 20.4. The van der Waals surface area contributed by atoms with Crippen molar-refractivity contribution >= 4 is 11.9 Å². The average molecular weight is 284 g/mol. The number of likely N-dealkylation sites (tertiary alicyclic amines) is 1. The third-order valence-electron chi connectivity index (χ3n) is 4.31. The predicted octanol–water partition coefficient (Wildman–Crippen LogP) is 1.71. The number of carboxylic acid groups (broad SMARTS) is 1. The first-order chi connectivity index (χ1) is 9.43. The Morgan fingerprint density at radius 2 is 2.05 bits per heavy atom. The molecule has 1 rings (SSSR count). The fraction of sp³-hybridized carbons (Fsp3) is 0.867. The molecule has 20 heavy (non-hydrogen) atoms. The largest absolute Gasteiger partial charge is 0.481 e. The van der Waals surface area contributed by atoms with Gasteiger partial charge in [-0.2, -0.15) is 0 Å². The van der Waals surface area contributed by atoms with Crippen LogP contribution < -0.4 is 5.73 Å². The van der Waals surface area contributed by atoms with Gasteiger partial charge in [-0.25, -0.2) is 0 Å². The van der Waals surface area contributed by atoms with E-state index < -0.39 is 5.97 Å². The highest BCUT2D eigenvalue weighted by molar-refractivity contribution is 5.76. The second-order valence-electron chi connectivity index (χ2n) is 6.21. The highest BCUT2D eigenvalue weighted by Gasteiger charge is 2.28. The maximum Gasteiger partial charge on any atom is 0.303 e. The zero-order valence-electron chi connectivity index (χ0n) is 12.7. The van der Waals surface area contributed by atoms with E-state index >= 15 is 0 Å². The van der Waals surface area contributed by atoms with Crippen molar-refractivity contribution in [2.24, 2.45) is 23.5 Å². The number of nitrogens with two attached hydrogens (primary N) is 1. The summed E-state index contributed by atoms with van der Waals surface area (Å²) in [5, 5.41) is 8.78. The molecule has 2 atom stereocenters.